The standard InChI is InChI=1S/C21H29BrN2O2/c1-24(12-17-8-18(22)3-4-19(17)26-2)13-20(25)23-21-9-14-5-15(10-21)7-16(6-14)11-21/h3-4,8,14-16H,5-7,9-13H2,1-2H3,(H,23,25)/p+1. The number of hydrogen-bond donors (Lipinski definition) is 2. The zero-order valence-electron chi connectivity index (χ0n) is 15.8. The largest absolute Gasteiger partial charge is 0.496 e. The Kier molecular flexibility index (Phi) is 5.04. The van der Waals surface area contributed by atoms with E-state index in [9.17, 15) is 4.79 Å². The van der Waals surface area contributed by atoms with Crippen molar-refractivity contribution >= 4 is 21.8 Å². The van der Waals surface area contributed by atoms with Gasteiger partial charge in [-0.2, -0.15) is 0 Å². The van der Waals surface area contributed by atoms with E-state index in [0.717, 1.165) is 40.1 Å². The van der Waals surface area contributed by atoms with Crippen molar-refractivity contribution in [2.24, 2.45) is 17.8 Å². The normalized spacial score (nSPS) is 33.1. The molecule has 1 amide bonds. The summed E-state index contributed by atoms with van der Waals surface area (Å²) >= 11 is 3.53. The van der Waals surface area contributed by atoms with E-state index in [2.05, 4.69) is 34.4 Å². The fourth-order valence-electron chi connectivity index (χ4n) is 6.15. The van der Waals surface area contributed by atoms with Crippen molar-refractivity contribution in [3.63, 3.8) is 0 Å². The molecule has 5 heteroatoms. The SMILES string of the molecule is COc1ccc(Br)cc1C[NH+](C)CC(=O)NC12CC3CC(CC(C3)C1)C2. The molecule has 4 bridgehead atoms. The average molecular weight is 422 g/mol. The van der Waals surface area contributed by atoms with Gasteiger partial charge in [0.2, 0.25) is 0 Å². The number of ether oxygens (including phenoxy) is 1. The number of amides is 1. The number of rotatable bonds is 6. The van der Waals surface area contributed by atoms with Crippen LogP contribution in [0.5, 0.6) is 5.75 Å². The Morgan fingerprint density at radius 1 is 1.23 bits per heavy atom. The molecule has 2 N–H and O–H groups in total. The molecule has 26 heavy (non-hydrogen) atoms. The maximum atomic E-state index is 12.8. The quantitative estimate of drug-likeness (QED) is 0.740. The number of likely N-dealkylation sites (N-methyl/N-ethyl adjacent to an activating group) is 1. The van der Waals surface area contributed by atoms with Crippen LogP contribution in [0.15, 0.2) is 22.7 Å². The van der Waals surface area contributed by atoms with Crippen LogP contribution in [0, 0.1) is 17.8 Å². The molecule has 0 radical (unpaired) electrons. The first-order valence-electron chi connectivity index (χ1n) is 9.89. The van der Waals surface area contributed by atoms with Crippen LogP contribution >= 0.6 is 15.9 Å². The average Bonchev–Trinajstić information content (AvgIpc) is 2.52. The molecule has 1 atom stereocenters. The lowest BCUT2D eigenvalue weighted by molar-refractivity contribution is -0.885. The van der Waals surface area contributed by atoms with Gasteiger partial charge in [0.25, 0.3) is 5.91 Å². The molecular formula is C21H30BrN2O2+. The van der Waals surface area contributed by atoms with Crippen molar-refractivity contribution in [2.75, 3.05) is 20.7 Å². The van der Waals surface area contributed by atoms with E-state index in [1.165, 1.54) is 43.4 Å². The summed E-state index contributed by atoms with van der Waals surface area (Å²) < 4.78 is 6.50. The predicted octanol–water partition coefficient (Wildman–Crippen LogP) is 2.56. The lowest BCUT2D eigenvalue weighted by atomic mass is 9.53. The van der Waals surface area contributed by atoms with Crippen molar-refractivity contribution in [3.05, 3.63) is 28.2 Å². The van der Waals surface area contributed by atoms with E-state index in [1.807, 2.05) is 12.1 Å². The summed E-state index contributed by atoms with van der Waals surface area (Å²) in [6.07, 6.45) is 7.85. The molecule has 0 heterocycles. The van der Waals surface area contributed by atoms with Crippen LogP contribution in [0.25, 0.3) is 0 Å². The Bertz CT molecular complexity index is 655. The van der Waals surface area contributed by atoms with E-state index in [-0.39, 0.29) is 11.4 Å². The second-order valence-electron chi connectivity index (χ2n) is 9.01. The second-order valence-corrected chi connectivity index (χ2v) is 9.93. The summed E-state index contributed by atoms with van der Waals surface area (Å²) in [5.41, 5.74) is 1.24. The number of carbonyl (C=O) groups excluding carboxylic acids is 1. The lowest BCUT2D eigenvalue weighted by Crippen LogP contribution is -3.09. The van der Waals surface area contributed by atoms with Gasteiger partial charge in [0.05, 0.1) is 14.2 Å². The van der Waals surface area contributed by atoms with Crippen LogP contribution in [0.3, 0.4) is 0 Å². The zero-order valence-corrected chi connectivity index (χ0v) is 17.4. The molecule has 5 rings (SSSR count). The number of benzene rings is 1. The molecule has 0 spiro atoms. The Morgan fingerprint density at radius 2 is 1.85 bits per heavy atom. The second kappa shape index (κ2) is 7.16. The highest BCUT2D eigenvalue weighted by Gasteiger charge is 2.51. The van der Waals surface area contributed by atoms with Crippen molar-refractivity contribution in [1.82, 2.24) is 5.32 Å². The molecule has 0 saturated heterocycles. The van der Waals surface area contributed by atoms with Gasteiger partial charge in [0.15, 0.2) is 6.54 Å². The zero-order chi connectivity index (χ0) is 18.3. The maximum absolute atomic E-state index is 12.8. The molecule has 4 aliphatic rings. The molecule has 4 saturated carbocycles. The fourth-order valence-corrected chi connectivity index (χ4v) is 6.56. The highest BCUT2D eigenvalue weighted by Crippen LogP contribution is 2.55. The van der Waals surface area contributed by atoms with Gasteiger partial charge in [0.1, 0.15) is 12.3 Å². The summed E-state index contributed by atoms with van der Waals surface area (Å²) in [5.74, 6) is 3.67. The van der Waals surface area contributed by atoms with Crippen molar-refractivity contribution in [2.45, 2.75) is 50.6 Å². The van der Waals surface area contributed by atoms with Gasteiger partial charge in [-0.1, -0.05) is 15.9 Å². The third-order valence-electron chi connectivity index (χ3n) is 6.64. The minimum absolute atomic E-state index is 0.111. The summed E-state index contributed by atoms with van der Waals surface area (Å²) in [6, 6.07) is 6.04. The number of halogens is 1. The van der Waals surface area contributed by atoms with E-state index < -0.39 is 0 Å². The van der Waals surface area contributed by atoms with Crippen LogP contribution in [-0.2, 0) is 11.3 Å². The number of carbonyl (C=O) groups is 1. The van der Waals surface area contributed by atoms with Gasteiger partial charge in [-0.25, -0.2) is 0 Å². The molecule has 4 aliphatic carbocycles. The van der Waals surface area contributed by atoms with Crippen LogP contribution in [0.1, 0.15) is 44.1 Å². The van der Waals surface area contributed by atoms with Crippen LogP contribution in [0.4, 0.5) is 0 Å². The monoisotopic (exact) mass is 421 g/mol. The summed E-state index contributed by atoms with van der Waals surface area (Å²) in [5, 5.41) is 3.48. The smallest absolute Gasteiger partial charge is 0.275 e. The predicted molar refractivity (Wildman–Crippen MR) is 105 cm³/mol. The van der Waals surface area contributed by atoms with Gasteiger partial charge in [-0.05, 0) is 74.5 Å². The molecular weight excluding hydrogens is 392 g/mol. The number of hydrogen-bond acceptors (Lipinski definition) is 2. The highest BCUT2D eigenvalue weighted by molar-refractivity contribution is 9.10. The first kappa shape index (κ1) is 18.3. The highest BCUT2D eigenvalue weighted by atomic mass is 79.9. The third-order valence-corrected chi connectivity index (χ3v) is 7.13. The molecule has 142 valence electrons. The maximum Gasteiger partial charge on any atom is 0.275 e. The van der Waals surface area contributed by atoms with Gasteiger partial charge >= 0.3 is 0 Å². The van der Waals surface area contributed by atoms with Gasteiger partial charge < -0.3 is 15.0 Å². The third kappa shape index (κ3) is 3.79. The summed E-state index contributed by atoms with van der Waals surface area (Å²) in [4.78, 5) is 14.0. The first-order valence-corrected chi connectivity index (χ1v) is 10.7. The molecule has 1 aromatic rings. The lowest BCUT2D eigenvalue weighted by Gasteiger charge is -2.56. The summed E-state index contributed by atoms with van der Waals surface area (Å²) in [7, 11) is 3.78. The van der Waals surface area contributed by atoms with Crippen molar-refractivity contribution < 1.29 is 14.4 Å². The van der Waals surface area contributed by atoms with E-state index >= 15 is 0 Å². The van der Waals surface area contributed by atoms with Crippen LogP contribution < -0.4 is 15.0 Å². The Hall–Kier alpha value is -1.07. The number of methoxy groups -OCH3 is 1. The topological polar surface area (TPSA) is 42.8 Å². The fraction of sp³-hybridized carbons (Fsp3) is 0.667. The van der Waals surface area contributed by atoms with Gasteiger partial charge in [0, 0.05) is 15.6 Å². The number of quaternary nitrogens is 1. The van der Waals surface area contributed by atoms with Crippen molar-refractivity contribution in [1.29, 1.82) is 0 Å². The Morgan fingerprint density at radius 3 is 2.42 bits per heavy atom. The number of nitrogens with one attached hydrogen (secondary N) is 2. The van der Waals surface area contributed by atoms with Crippen LogP contribution in [-0.4, -0.2) is 32.1 Å². The van der Waals surface area contributed by atoms with Crippen LogP contribution in [0.2, 0.25) is 0 Å². The summed E-state index contributed by atoms with van der Waals surface area (Å²) in [6.45, 7) is 1.29. The molecule has 4 fully saturated rings. The minimum Gasteiger partial charge on any atom is -0.496 e. The molecule has 4 nitrogen and oxygen atoms in total. The molecule has 1 unspecified atom stereocenters. The minimum atomic E-state index is 0.111. The van der Waals surface area contributed by atoms with E-state index in [4.69, 9.17) is 4.74 Å². The molecule has 0 aliphatic heterocycles. The van der Waals surface area contributed by atoms with E-state index in [0.29, 0.717) is 6.54 Å². The van der Waals surface area contributed by atoms with Gasteiger partial charge in [-0.15, -0.1) is 0 Å². The Labute approximate surface area is 164 Å². The van der Waals surface area contributed by atoms with Gasteiger partial charge in [-0.3, -0.25) is 4.79 Å². The molecule has 0 aromatic heterocycles. The van der Waals surface area contributed by atoms with E-state index in [1.54, 1.807) is 7.11 Å². The first-order chi connectivity index (χ1) is 12.4. The Balaban J connectivity index is 1.36. The molecule has 1 aromatic carbocycles. The van der Waals surface area contributed by atoms with Crippen molar-refractivity contribution in [3.8, 4) is 5.75 Å².